The number of hydrogen-bond acceptors (Lipinski definition) is 12. The summed E-state index contributed by atoms with van der Waals surface area (Å²) in [5.41, 5.74) is 2.58. The van der Waals surface area contributed by atoms with Gasteiger partial charge in [-0.3, -0.25) is 9.59 Å². The minimum absolute atomic E-state index is 0.0407. The molecule has 3 aliphatic heterocycles. The van der Waals surface area contributed by atoms with Gasteiger partial charge < -0.3 is 43.4 Å². The molecule has 3 aromatic carbocycles. The number of rotatable bonds is 16. The van der Waals surface area contributed by atoms with Gasteiger partial charge in [0.25, 0.3) is 0 Å². The topological polar surface area (TPSA) is 160 Å². The number of ketones is 1. The molecule has 0 aromatic heterocycles. The van der Waals surface area contributed by atoms with Crippen molar-refractivity contribution in [1.29, 1.82) is 0 Å². The van der Waals surface area contributed by atoms with Crippen LogP contribution in [-0.2, 0) is 56.0 Å². The van der Waals surface area contributed by atoms with Crippen LogP contribution in [0.2, 0.25) is 0 Å². The summed E-state index contributed by atoms with van der Waals surface area (Å²) < 4.78 is 42.7. The summed E-state index contributed by atoms with van der Waals surface area (Å²) in [6.07, 6.45) is -5.52. The van der Waals surface area contributed by atoms with Crippen molar-refractivity contribution in [2.75, 3.05) is 20.3 Å². The smallest absolute Gasteiger partial charge is 0.417 e. The zero-order chi connectivity index (χ0) is 39.8. The summed E-state index contributed by atoms with van der Waals surface area (Å²) >= 11 is 3.30. The normalized spacial score (nSPS) is 29.8. The second kappa shape index (κ2) is 19.1. The third-order valence-electron chi connectivity index (χ3n) is 10.3. The molecule has 3 aromatic rings. The Morgan fingerprint density at radius 2 is 1.48 bits per heavy atom. The van der Waals surface area contributed by atoms with Crippen LogP contribution in [0.4, 0.5) is 4.79 Å². The highest BCUT2D eigenvalue weighted by molar-refractivity contribution is 9.11. The molecule has 3 heterocycles. The minimum atomic E-state index is -1.99. The molecule has 0 unspecified atom stereocenters. The van der Waals surface area contributed by atoms with Gasteiger partial charge in [-0.25, -0.2) is 9.69 Å². The molecule has 0 saturated carbocycles. The van der Waals surface area contributed by atoms with Crippen LogP contribution < -0.4 is 0 Å². The van der Waals surface area contributed by atoms with Gasteiger partial charge in [-0.15, -0.1) is 0 Å². The molecular weight excluding hydrogens is 790 g/mol. The first-order valence-electron chi connectivity index (χ1n) is 18.7. The number of aliphatic hydroxyl groups is 2. The number of carbonyl (C=O) groups is 3. The van der Waals surface area contributed by atoms with E-state index >= 15 is 0 Å². The van der Waals surface area contributed by atoms with Gasteiger partial charge in [0.05, 0.1) is 36.3 Å². The molecule has 10 atom stereocenters. The standard InChI is InChI=1S/C42H48BrNO12/c1-26(39(47)44-27(2)35(55-41(44)48)30-18-11-6-12-19-30)34-31(46)22-33(43)42(49,56-34)20-13-21-51-38-37(53-25-29-16-9-5-10-17-29)36(32(23-45)54-40(38)50-3)52-24-28-14-7-4-8-15-28/h4-12,14-19,22,26-27,32,34-38,40,45,49H,13,20-21,23-25H2,1-3H3/t26-,27-,32+,34-,35-,36+,37-,38-,40-,42+/m0/s1. The number of ether oxygens (including phenoxy) is 7. The van der Waals surface area contributed by atoms with E-state index in [9.17, 15) is 24.6 Å². The van der Waals surface area contributed by atoms with Gasteiger partial charge >= 0.3 is 6.09 Å². The van der Waals surface area contributed by atoms with Crippen LogP contribution in [0.3, 0.4) is 0 Å². The number of benzene rings is 3. The van der Waals surface area contributed by atoms with Crippen molar-refractivity contribution in [2.45, 2.75) is 94.6 Å². The van der Waals surface area contributed by atoms with Crippen molar-refractivity contribution < 1.29 is 57.8 Å². The van der Waals surface area contributed by atoms with Crippen molar-refractivity contribution in [1.82, 2.24) is 4.90 Å². The highest BCUT2D eigenvalue weighted by Crippen LogP contribution is 2.39. The van der Waals surface area contributed by atoms with Crippen LogP contribution in [-0.4, -0.2) is 102 Å². The summed E-state index contributed by atoms with van der Waals surface area (Å²) in [4.78, 5) is 40.9. The van der Waals surface area contributed by atoms with Crippen LogP contribution in [0.25, 0.3) is 0 Å². The van der Waals surface area contributed by atoms with Gasteiger partial charge in [0.15, 0.2) is 17.9 Å². The molecule has 0 spiro atoms. The average Bonchev–Trinajstić information content (AvgIpc) is 3.52. The number of cyclic esters (lactones) is 1. The van der Waals surface area contributed by atoms with E-state index in [2.05, 4.69) is 15.9 Å². The molecule has 2 saturated heterocycles. The first-order valence-corrected chi connectivity index (χ1v) is 19.5. The van der Waals surface area contributed by atoms with Gasteiger partial charge in [0, 0.05) is 20.1 Å². The minimum Gasteiger partial charge on any atom is -0.439 e. The lowest BCUT2D eigenvalue weighted by molar-refractivity contribution is -0.320. The van der Waals surface area contributed by atoms with Crippen LogP contribution in [0.5, 0.6) is 0 Å². The van der Waals surface area contributed by atoms with Gasteiger partial charge in [-0.05, 0) is 52.0 Å². The summed E-state index contributed by atoms with van der Waals surface area (Å²) in [7, 11) is 1.47. The first-order chi connectivity index (χ1) is 27.0. The Balaban J connectivity index is 1.12. The van der Waals surface area contributed by atoms with Gasteiger partial charge in [-0.2, -0.15) is 0 Å². The number of nitrogens with zero attached hydrogens (tertiary/aromatic N) is 1. The molecular formula is C42H48BrNO12. The molecule has 14 heteroatoms. The maximum absolute atomic E-state index is 13.7. The Kier molecular flexibility index (Phi) is 14.2. The van der Waals surface area contributed by atoms with E-state index in [0.717, 1.165) is 21.6 Å². The number of aliphatic hydroxyl groups excluding tert-OH is 1. The summed E-state index contributed by atoms with van der Waals surface area (Å²) in [6, 6.07) is 27.7. The number of amides is 2. The van der Waals surface area contributed by atoms with E-state index in [4.69, 9.17) is 33.2 Å². The predicted molar refractivity (Wildman–Crippen MR) is 205 cm³/mol. The van der Waals surface area contributed by atoms with Crippen molar-refractivity contribution in [3.05, 3.63) is 118 Å². The van der Waals surface area contributed by atoms with E-state index in [1.54, 1.807) is 6.92 Å². The maximum Gasteiger partial charge on any atom is 0.417 e. The lowest BCUT2D eigenvalue weighted by Crippen LogP contribution is -2.61. The zero-order valence-electron chi connectivity index (χ0n) is 31.5. The Hall–Kier alpha value is -3.83. The summed E-state index contributed by atoms with van der Waals surface area (Å²) in [5, 5.41) is 22.1. The fraction of sp³-hybridized carbons (Fsp3) is 0.452. The Morgan fingerprint density at radius 1 is 0.893 bits per heavy atom. The molecule has 0 aliphatic carbocycles. The van der Waals surface area contributed by atoms with E-state index in [0.29, 0.717) is 0 Å². The van der Waals surface area contributed by atoms with Crippen molar-refractivity contribution in [2.24, 2.45) is 5.92 Å². The lowest BCUT2D eigenvalue weighted by atomic mass is 9.93. The number of carbonyl (C=O) groups excluding carboxylic acids is 3. The third-order valence-corrected chi connectivity index (χ3v) is 11.1. The van der Waals surface area contributed by atoms with Crippen molar-refractivity contribution >= 4 is 33.7 Å². The molecule has 56 heavy (non-hydrogen) atoms. The fourth-order valence-corrected chi connectivity index (χ4v) is 7.73. The van der Waals surface area contributed by atoms with E-state index in [1.807, 2.05) is 91.0 Å². The Labute approximate surface area is 334 Å². The van der Waals surface area contributed by atoms with Crippen molar-refractivity contribution in [3.63, 3.8) is 0 Å². The van der Waals surface area contributed by atoms with E-state index in [1.165, 1.54) is 20.1 Å². The Bertz CT molecular complexity index is 1800. The molecule has 2 fully saturated rings. The second-order valence-electron chi connectivity index (χ2n) is 14.1. The van der Waals surface area contributed by atoms with Crippen LogP contribution >= 0.6 is 15.9 Å². The predicted octanol–water partition coefficient (Wildman–Crippen LogP) is 5.37. The molecule has 2 N–H and O–H groups in total. The Morgan fingerprint density at radius 3 is 2.07 bits per heavy atom. The first kappa shape index (κ1) is 41.8. The van der Waals surface area contributed by atoms with Crippen molar-refractivity contribution in [3.8, 4) is 0 Å². The number of imide groups is 1. The SMILES string of the molecule is CO[C@H]1O[C@H](CO)[C@@H](OCc2ccccc2)[C@H](OCc2ccccc2)[C@@H]1OCCC[C@@]1(O)O[C@@H]([C@H](C)C(=O)N2C(=O)O[C@H](c3ccccc3)[C@@H]2C)C(=O)C=C1Br. The van der Waals surface area contributed by atoms with Gasteiger partial charge in [0.2, 0.25) is 5.91 Å². The molecule has 300 valence electrons. The summed E-state index contributed by atoms with van der Waals surface area (Å²) in [6.45, 7) is 3.35. The third kappa shape index (κ3) is 9.47. The summed E-state index contributed by atoms with van der Waals surface area (Å²) in [5.74, 6) is -4.33. The second-order valence-corrected chi connectivity index (χ2v) is 14.9. The van der Waals surface area contributed by atoms with Gasteiger partial charge in [0.1, 0.15) is 36.6 Å². The molecule has 6 rings (SSSR count). The molecule has 13 nitrogen and oxygen atoms in total. The van der Waals surface area contributed by atoms with E-state index in [-0.39, 0.29) is 43.8 Å². The average molecular weight is 839 g/mol. The number of hydrogen-bond donors (Lipinski definition) is 2. The lowest BCUT2D eigenvalue weighted by Gasteiger charge is -2.45. The molecule has 2 amide bonds. The zero-order valence-corrected chi connectivity index (χ0v) is 33.1. The molecule has 0 bridgehead atoms. The monoisotopic (exact) mass is 837 g/mol. The quantitative estimate of drug-likeness (QED) is 0.178. The maximum atomic E-state index is 13.7. The van der Waals surface area contributed by atoms with Crippen LogP contribution in [0, 0.1) is 5.92 Å². The van der Waals surface area contributed by atoms with Crippen LogP contribution in [0.15, 0.2) is 102 Å². The fourth-order valence-electron chi connectivity index (χ4n) is 7.21. The van der Waals surface area contributed by atoms with Gasteiger partial charge in [-0.1, -0.05) is 97.9 Å². The highest BCUT2D eigenvalue weighted by atomic mass is 79.9. The molecule has 0 radical (unpaired) electrons. The number of halogens is 1. The molecule has 3 aliphatic rings. The highest BCUT2D eigenvalue weighted by Gasteiger charge is 2.51. The number of methoxy groups -OCH3 is 1. The van der Waals surface area contributed by atoms with Crippen LogP contribution in [0.1, 0.15) is 49.5 Å². The largest absolute Gasteiger partial charge is 0.439 e. The van der Waals surface area contributed by atoms with E-state index < -0.39 is 78.4 Å².